The van der Waals surface area contributed by atoms with Crippen molar-refractivity contribution in [1.29, 1.82) is 0 Å². The van der Waals surface area contributed by atoms with Gasteiger partial charge in [-0.1, -0.05) is 18.2 Å². The highest BCUT2D eigenvalue weighted by molar-refractivity contribution is 5.97. The standard InChI is InChI=1S/C17H24N4/c1-20-12-8-11-16(20)19-17(21-13-6-3-7-14-21)18-15-9-4-2-5-10-15/h2,4-5,9-10H,3,6-8,11-14H2,1H3/b18-17-,19-16-. The molecule has 0 saturated carbocycles. The molecule has 0 atom stereocenters. The van der Waals surface area contributed by atoms with E-state index in [-0.39, 0.29) is 0 Å². The summed E-state index contributed by atoms with van der Waals surface area (Å²) in [5.74, 6) is 2.07. The molecule has 0 radical (unpaired) electrons. The molecule has 4 nitrogen and oxygen atoms in total. The summed E-state index contributed by atoms with van der Waals surface area (Å²) < 4.78 is 0. The number of hydrogen-bond donors (Lipinski definition) is 0. The molecular weight excluding hydrogens is 260 g/mol. The van der Waals surface area contributed by atoms with Crippen molar-refractivity contribution in [3.8, 4) is 0 Å². The molecule has 2 aliphatic heterocycles. The van der Waals surface area contributed by atoms with Gasteiger partial charge in [0.25, 0.3) is 0 Å². The van der Waals surface area contributed by atoms with E-state index >= 15 is 0 Å². The van der Waals surface area contributed by atoms with Crippen LogP contribution in [0.25, 0.3) is 0 Å². The van der Waals surface area contributed by atoms with Gasteiger partial charge >= 0.3 is 0 Å². The molecule has 2 heterocycles. The number of hydrogen-bond acceptors (Lipinski definition) is 1. The van der Waals surface area contributed by atoms with Crippen molar-refractivity contribution in [2.45, 2.75) is 32.1 Å². The summed E-state index contributed by atoms with van der Waals surface area (Å²) in [5, 5.41) is 0. The Labute approximate surface area is 127 Å². The first-order valence-corrected chi connectivity index (χ1v) is 8.00. The largest absolute Gasteiger partial charge is 0.363 e. The molecule has 3 rings (SSSR count). The smallest absolute Gasteiger partial charge is 0.227 e. The lowest BCUT2D eigenvalue weighted by Gasteiger charge is -2.28. The van der Waals surface area contributed by atoms with E-state index in [1.807, 2.05) is 30.3 Å². The minimum absolute atomic E-state index is 0.893. The van der Waals surface area contributed by atoms with Gasteiger partial charge in [0.05, 0.1) is 5.69 Å². The summed E-state index contributed by atoms with van der Waals surface area (Å²) in [6.45, 7) is 3.26. The number of benzene rings is 1. The van der Waals surface area contributed by atoms with Gasteiger partial charge in [-0.25, -0.2) is 4.99 Å². The molecule has 4 heteroatoms. The highest BCUT2D eigenvalue weighted by Crippen LogP contribution is 2.17. The lowest BCUT2D eigenvalue weighted by molar-refractivity contribution is 0.339. The second-order valence-electron chi connectivity index (χ2n) is 5.85. The zero-order chi connectivity index (χ0) is 14.5. The predicted octanol–water partition coefficient (Wildman–Crippen LogP) is 3.28. The first kappa shape index (κ1) is 14.1. The van der Waals surface area contributed by atoms with Gasteiger partial charge in [0.15, 0.2) is 0 Å². The van der Waals surface area contributed by atoms with Gasteiger partial charge in [-0.2, -0.15) is 4.99 Å². The quantitative estimate of drug-likeness (QED) is 0.585. The van der Waals surface area contributed by atoms with Crippen molar-refractivity contribution in [2.24, 2.45) is 9.98 Å². The molecule has 21 heavy (non-hydrogen) atoms. The van der Waals surface area contributed by atoms with Crippen molar-refractivity contribution in [3.63, 3.8) is 0 Å². The Bertz CT molecular complexity index is 515. The lowest BCUT2D eigenvalue weighted by atomic mass is 10.1. The average molecular weight is 284 g/mol. The van der Waals surface area contributed by atoms with Crippen LogP contribution >= 0.6 is 0 Å². The fourth-order valence-electron chi connectivity index (χ4n) is 2.93. The second-order valence-corrected chi connectivity index (χ2v) is 5.85. The molecule has 0 aromatic heterocycles. The number of amidine groups is 1. The van der Waals surface area contributed by atoms with E-state index < -0.39 is 0 Å². The Morgan fingerprint density at radius 1 is 0.952 bits per heavy atom. The van der Waals surface area contributed by atoms with Crippen LogP contribution in [-0.4, -0.2) is 48.3 Å². The third-order valence-corrected chi connectivity index (χ3v) is 4.19. The van der Waals surface area contributed by atoms with Crippen LogP contribution in [0.5, 0.6) is 0 Å². The van der Waals surface area contributed by atoms with Crippen LogP contribution in [-0.2, 0) is 0 Å². The van der Waals surface area contributed by atoms with Crippen molar-refractivity contribution < 1.29 is 0 Å². The summed E-state index contributed by atoms with van der Waals surface area (Å²) in [6.07, 6.45) is 6.08. The zero-order valence-corrected chi connectivity index (χ0v) is 12.8. The summed E-state index contributed by atoms with van der Waals surface area (Å²) in [5.41, 5.74) is 0.989. The Kier molecular flexibility index (Phi) is 4.53. The average Bonchev–Trinajstić information content (AvgIpc) is 2.94. The second kappa shape index (κ2) is 6.74. The first-order chi connectivity index (χ1) is 10.3. The maximum atomic E-state index is 4.89. The van der Waals surface area contributed by atoms with Gasteiger partial charge in [-0.05, 0) is 37.8 Å². The van der Waals surface area contributed by atoms with Crippen molar-refractivity contribution in [2.75, 3.05) is 26.7 Å². The van der Waals surface area contributed by atoms with Crippen molar-refractivity contribution >= 4 is 17.5 Å². The van der Waals surface area contributed by atoms with Crippen LogP contribution in [0.4, 0.5) is 5.69 Å². The molecule has 0 N–H and O–H groups in total. The number of nitrogens with zero attached hydrogens (tertiary/aromatic N) is 4. The van der Waals surface area contributed by atoms with Gasteiger partial charge in [0.2, 0.25) is 5.96 Å². The summed E-state index contributed by atoms with van der Waals surface area (Å²) in [6, 6.07) is 10.2. The minimum Gasteiger partial charge on any atom is -0.363 e. The Hall–Kier alpha value is -1.84. The number of guanidine groups is 1. The number of likely N-dealkylation sites (tertiary alicyclic amines) is 2. The number of piperidine rings is 1. The molecule has 2 saturated heterocycles. The molecule has 112 valence electrons. The molecule has 0 bridgehead atoms. The van der Waals surface area contributed by atoms with E-state index in [9.17, 15) is 0 Å². The SMILES string of the molecule is CN1CCC/C1=N/C(=N/c1ccccc1)N1CCCCC1. The monoisotopic (exact) mass is 284 g/mol. The van der Waals surface area contributed by atoms with Crippen molar-refractivity contribution in [1.82, 2.24) is 9.80 Å². The minimum atomic E-state index is 0.893. The molecule has 2 fully saturated rings. The Morgan fingerprint density at radius 2 is 1.71 bits per heavy atom. The molecule has 0 aliphatic carbocycles. The van der Waals surface area contributed by atoms with E-state index in [2.05, 4.69) is 16.8 Å². The van der Waals surface area contributed by atoms with Crippen LogP contribution in [0, 0.1) is 0 Å². The molecule has 2 aliphatic rings. The molecule has 1 aromatic rings. The fourth-order valence-corrected chi connectivity index (χ4v) is 2.93. The van der Waals surface area contributed by atoms with Crippen LogP contribution in [0.2, 0.25) is 0 Å². The van der Waals surface area contributed by atoms with Gasteiger partial charge in [0.1, 0.15) is 5.84 Å². The predicted molar refractivity (Wildman–Crippen MR) is 88.3 cm³/mol. The first-order valence-electron chi connectivity index (χ1n) is 8.00. The fraction of sp³-hybridized carbons (Fsp3) is 0.529. The number of rotatable bonds is 1. The molecular formula is C17H24N4. The summed E-state index contributed by atoms with van der Waals surface area (Å²) >= 11 is 0. The van der Waals surface area contributed by atoms with Crippen LogP contribution < -0.4 is 0 Å². The normalized spacial score (nSPS) is 22.1. The zero-order valence-electron chi connectivity index (χ0n) is 12.8. The summed E-state index contributed by atoms with van der Waals surface area (Å²) in [7, 11) is 2.13. The Morgan fingerprint density at radius 3 is 2.38 bits per heavy atom. The van der Waals surface area contributed by atoms with Crippen LogP contribution in [0.3, 0.4) is 0 Å². The Balaban J connectivity index is 1.88. The van der Waals surface area contributed by atoms with Gasteiger partial charge in [-0.15, -0.1) is 0 Å². The van der Waals surface area contributed by atoms with Crippen LogP contribution in [0.1, 0.15) is 32.1 Å². The van der Waals surface area contributed by atoms with Crippen molar-refractivity contribution in [3.05, 3.63) is 30.3 Å². The van der Waals surface area contributed by atoms with Gasteiger partial charge in [0, 0.05) is 33.1 Å². The van der Waals surface area contributed by atoms with Gasteiger partial charge < -0.3 is 9.80 Å². The van der Waals surface area contributed by atoms with E-state index in [1.165, 1.54) is 31.5 Å². The highest BCUT2D eigenvalue weighted by atomic mass is 15.3. The highest BCUT2D eigenvalue weighted by Gasteiger charge is 2.19. The van der Waals surface area contributed by atoms with E-state index in [4.69, 9.17) is 9.98 Å². The molecule has 1 aromatic carbocycles. The van der Waals surface area contributed by atoms with E-state index in [0.29, 0.717) is 0 Å². The van der Waals surface area contributed by atoms with Gasteiger partial charge in [-0.3, -0.25) is 0 Å². The maximum absolute atomic E-state index is 4.89. The maximum Gasteiger partial charge on any atom is 0.227 e. The van der Waals surface area contributed by atoms with E-state index in [0.717, 1.165) is 37.7 Å². The molecule has 0 unspecified atom stereocenters. The van der Waals surface area contributed by atoms with E-state index in [1.54, 1.807) is 0 Å². The summed E-state index contributed by atoms with van der Waals surface area (Å²) in [4.78, 5) is 14.3. The third-order valence-electron chi connectivity index (χ3n) is 4.19. The molecule has 0 amide bonds. The topological polar surface area (TPSA) is 31.2 Å². The molecule has 0 spiro atoms. The third kappa shape index (κ3) is 3.63. The van der Waals surface area contributed by atoms with Crippen LogP contribution in [0.15, 0.2) is 40.3 Å². The number of para-hydroxylation sites is 1. The lowest BCUT2D eigenvalue weighted by Crippen LogP contribution is -2.36. The number of aliphatic imine (C=N–C) groups is 2.